The van der Waals surface area contributed by atoms with Gasteiger partial charge in [-0.25, -0.2) is 21.1 Å². The van der Waals surface area contributed by atoms with Gasteiger partial charge in [0.15, 0.2) is 0 Å². The molecule has 0 spiro atoms. The van der Waals surface area contributed by atoms with Crippen molar-refractivity contribution in [2.24, 2.45) is 0 Å². The molecule has 186 valence electrons. The molecule has 0 saturated carbocycles. The van der Waals surface area contributed by atoms with Crippen LogP contribution in [0.3, 0.4) is 0 Å². The molecule has 0 aliphatic carbocycles. The summed E-state index contributed by atoms with van der Waals surface area (Å²) in [4.78, 5) is 12.6. The van der Waals surface area contributed by atoms with E-state index in [4.69, 9.17) is 4.74 Å². The van der Waals surface area contributed by atoms with Gasteiger partial charge in [0, 0.05) is 19.8 Å². The topological polar surface area (TPSA) is 113 Å². The Balaban J connectivity index is 1.66. The van der Waals surface area contributed by atoms with E-state index in [0.717, 1.165) is 20.4 Å². The summed E-state index contributed by atoms with van der Waals surface area (Å²) < 4.78 is 56.9. The SMILES string of the molecule is CN(C)S(=O)(=O)c1ccc(N(CC(=O)Nc2ccc(OCc3ccccc3)cc2)S(C)(=O)=O)cc1. The zero-order valence-electron chi connectivity index (χ0n) is 19.6. The predicted octanol–water partition coefficient (Wildman–Crippen LogP) is 2.92. The first-order valence-electron chi connectivity index (χ1n) is 10.5. The smallest absolute Gasteiger partial charge is 0.245 e. The van der Waals surface area contributed by atoms with Crippen LogP contribution in [0.1, 0.15) is 5.56 Å². The van der Waals surface area contributed by atoms with Crippen molar-refractivity contribution >= 4 is 37.3 Å². The second-order valence-electron chi connectivity index (χ2n) is 7.90. The predicted molar refractivity (Wildman–Crippen MR) is 135 cm³/mol. The fourth-order valence-corrected chi connectivity index (χ4v) is 4.86. The van der Waals surface area contributed by atoms with E-state index in [0.29, 0.717) is 18.0 Å². The second-order valence-corrected chi connectivity index (χ2v) is 12.0. The second kappa shape index (κ2) is 10.9. The highest BCUT2D eigenvalue weighted by molar-refractivity contribution is 7.92. The van der Waals surface area contributed by atoms with Gasteiger partial charge in [-0.05, 0) is 54.1 Å². The van der Waals surface area contributed by atoms with Gasteiger partial charge in [-0.2, -0.15) is 0 Å². The van der Waals surface area contributed by atoms with Crippen LogP contribution in [0.25, 0.3) is 0 Å². The van der Waals surface area contributed by atoms with Crippen molar-refractivity contribution in [2.75, 3.05) is 36.5 Å². The Kier molecular flexibility index (Phi) is 8.15. The first-order chi connectivity index (χ1) is 16.5. The molecule has 0 aromatic heterocycles. The summed E-state index contributed by atoms with van der Waals surface area (Å²) in [6.45, 7) is -0.0740. The van der Waals surface area contributed by atoms with E-state index in [2.05, 4.69) is 5.32 Å². The molecule has 1 amide bonds. The van der Waals surface area contributed by atoms with Gasteiger partial charge in [-0.1, -0.05) is 30.3 Å². The molecule has 3 rings (SSSR count). The normalized spacial score (nSPS) is 11.8. The minimum atomic E-state index is -3.82. The van der Waals surface area contributed by atoms with E-state index in [1.54, 1.807) is 24.3 Å². The third-order valence-electron chi connectivity index (χ3n) is 4.98. The van der Waals surface area contributed by atoms with Crippen LogP contribution in [-0.2, 0) is 31.4 Å². The van der Waals surface area contributed by atoms with Crippen LogP contribution >= 0.6 is 0 Å². The van der Waals surface area contributed by atoms with Gasteiger partial charge in [0.25, 0.3) is 0 Å². The van der Waals surface area contributed by atoms with E-state index in [9.17, 15) is 21.6 Å². The molecule has 3 aromatic rings. The van der Waals surface area contributed by atoms with E-state index in [1.807, 2.05) is 30.3 Å². The number of nitrogens with zero attached hydrogens (tertiary/aromatic N) is 2. The lowest BCUT2D eigenvalue weighted by Crippen LogP contribution is -2.37. The van der Waals surface area contributed by atoms with E-state index in [1.165, 1.54) is 38.4 Å². The lowest BCUT2D eigenvalue weighted by molar-refractivity contribution is -0.114. The van der Waals surface area contributed by atoms with Gasteiger partial charge in [0.1, 0.15) is 18.9 Å². The van der Waals surface area contributed by atoms with E-state index in [-0.39, 0.29) is 10.6 Å². The lowest BCUT2D eigenvalue weighted by atomic mass is 10.2. The Morgan fingerprint density at radius 3 is 2.00 bits per heavy atom. The molecular weight excluding hydrogens is 490 g/mol. The molecule has 0 aliphatic heterocycles. The molecule has 0 atom stereocenters. The molecule has 0 aliphatic rings. The fourth-order valence-electron chi connectivity index (χ4n) is 3.10. The summed E-state index contributed by atoms with van der Waals surface area (Å²) in [5, 5.41) is 2.66. The molecule has 9 nitrogen and oxygen atoms in total. The molecule has 11 heteroatoms. The third kappa shape index (κ3) is 7.04. The molecule has 0 fully saturated rings. The number of carbonyl (C=O) groups excluding carboxylic acids is 1. The minimum Gasteiger partial charge on any atom is -0.489 e. The van der Waals surface area contributed by atoms with Gasteiger partial charge in [0.05, 0.1) is 16.8 Å². The summed E-state index contributed by atoms with van der Waals surface area (Å²) in [6, 6.07) is 21.7. The van der Waals surface area contributed by atoms with Crippen molar-refractivity contribution in [1.82, 2.24) is 4.31 Å². The standard InChI is InChI=1S/C24H27N3O6S2/c1-26(2)35(31,32)23-15-11-21(12-16-23)27(34(3,29)30)17-24(28)25-20-9-13-22(14-10-20)33-18-19-7-5-4-6-8-19/h4-16H,17-18H2,1-3H3,(H,25,28). The van der Waals surface area contributed by atoms with Crippen LogP contribution in [-0.4, -0.2) is 53.9 Å². The Hall–Kier alpha value is -3.41. The van der Waals surface area contributed by atoms with Gasteiger partial charge in [0.2, 0.25) is 26.0 Å². The molecule has 0 saturated heterocycles. The highest BCUT2D eigenvalue weighted by Crippen LogP contribution is 2.22. The molecule has 3 aromatic carbocycles. The molecule has 0 heterocycles. The number of amides is 1. The summed E-state index contributed by atoms with van der Waals surface area (Å²) in [5.74, 6) is 0.0655. The monoisotopic (exact) mass is 517 g/mol. The maximum atomic E-state index is 12.6. The van der Waals surface area contributed by atoms with Crippen molar-refractivity contribution in [3.63, 3.8) is 0 Å². The molecule has 0 bridgehead atoms. The number of hydrogen-bond donors (Lipinski definition) is 1. The number of ether oxygens (including phenoxy) is 1. The summed E-state index contributed by atoms with van der Waals surface area (Å²) in [7, 11) is -4.68. The molecule has 0 radical (unpaired) electrons. The average molecular weight is 518 g/mol. The maximum Gasteiger partial charge on any atom is 0.245 e. The quantitative estimate of drug-likeness (QED) is 0.443. The van der Waals surface area contributed by atoms with Crippen LogP contribution in [0.15, 0.2) is 83.8 Å². The fraction of sp³-hybridized carbons (Fsp3) is 0.208. The van der Waals surface area contributed by atoms with Gasteiger partial charge in [-0.3, -0.25) is 9.10 Å². The number of anilines is 2. The van der Waals surface area contributed by atoms with Crippen LogP contribution < -0.4 is 14.4 Å². The van der Waals surface area contributed by atoms with Crippen molar-refractivity contribution in [3.8, 4) is 5.75 Å². The first kappa shape index (κ1) is 26.2. The molecular formula is C24H27N3O6S2. The average Bonchev–Trinajstić information content (AvgIpc) is 2.82. The largest absolute Gasteiger partial charge is 0.489 e. The third-order valence-corrected chi connectivity index (χ3v) is 7.95. The van der Waals surface area contributed by atoms with Crippen LogP contribution in [0.4, 0.5) is 11.4 Å². The van der Waals surface area contributed by atoms with Gasteiger partial charge < -0.3 is 10.1 Å². The number of nitrogens with one attached hydrogen (secondary N) is 1. The van der Waals surface area contributed by atoms with Gasteiger partial charge in [-0.15, -0.1) is 0 Å². The Labute approximate surface area is 206 Å². The van der Waals surface area contributed by atoms with Crippen molar-refractivity contribution < 1.29 is 26.4 Å². The van der Waals surface area contributed by atoms with E-state index < -0.39 is 32.5 Å². The Morgan fingerprint density at radius 1 is 0.857 bits per heavy atom. The Bertz CT molecular complexity index is 1360. The number of hydrogen-bond acceptors (Lipinski definition) is 6. The lowest BCUT2D eigenvalue weighted by Gasteiger charge is -2.22. The highest BCUT2D eigenvalue weighted by atomic mass is 32.2. The summed E-state index contributed by atoms with van der Waals surface area (Å²) in [6.07, 6.45) is 0.976. The van der Waals surface area contributed by atoms with Crippen LogP contribution in [0.2, 0.25) is 0 Å². The number of benzene rings is 3. The Morgan fingerprint density at radius 2 is 1.46 bits per heavy atom. The van der Waals surface area contributed by atoms with E-state index >= 15 is 0 Å². The van der Waals surface area contributed by atoms with Crippen molar-refractivity contribution in [3.05, 3.63) is 84.4 Å². The summed E-state index contributed by atoms with van der Waals surface area (Å²) >= 11 is 0. The summed E-state index contributed by atoms with van der Waals surface area (Å²) in [5.41, 5.74) is 1.67. The molecule has 1 N–H and O–H groups in total. The zero-order chi connectivity index (χ0) is 25.6. The number of rotatable bonds is 10. The van der Waals surface area contributed by atoms with Crippen molar-refractivity contribution in [1.29, 1.82) is 0 Å². The molecule has 0 unspecified atom stereocenters. The van der Waals surface area contributed by atoms with Crippen molar-refractivity contribution in [2.45, 2.75) is 11.5 Å². The number of carbonyl (C=O) groups is 1. The van der Waals surface area contributed by atoms with Gasteiger partial charge >= 0.3 is 0 Å². The maximum absolute atomic E-state index is 12.6. The minimum absolute atomic E-state index is 0.0127. The number of sulfonamides is 2. The van der Waals surface area contributed by atoms with Crippen LogP contribution in [0, 0.1) is 0 Å². The first-order valence-corrected chi connectivity index (χ1v) is 13.8. The molecule has 35 heavy (non-hydrogen) atoms. The zero-order valence-corrected chi connectivity index (χ0v) is 21.2. The van der Waals surface area contributed by atoms with Crippen LogP contribution in [0.5, 0.6) is 5.75 Å². The highest BCUT2D eigenvalue weighted by Gasteiger charge is 2.23.